The summed E-state index contributed by atoms with van der Waals surface area (Å²) in [4.78, 5) is 26.6. The van der Waals surface area contributed by atoms with E-state index < -0.39 is 12.1 Å². The summed E-state index contributed by atoms with van der Waals surface area (Å²) in [6.45, 7) is 0. The third-order valence-electron chi connectivity index (χ3n) is 3.07. The van der Waals surface area contributed by atoms with Gasteiger partial charge in [-0.05, 0) is 30.9 Å². The molecule has 5 heteroatoms. The number of aromatic nitrogens is 1. The Morgan fingerprint density at radius 2 is 2.15 bits per heavy atom. The molecule has 1 rings (SSSR count). The summed E-state index contributed by atoms with van der Waals surface area (Å²) < 4.78 is 13.2. The molecule has 0 radical (unpaired) electrons. The molecule has 0 saturated heterocycles. The Hall–Kier alpha value is -1.78. The lowest BCUT2D eigenvalue weighted by atomic mass is 10.0. The maximum atomic E-state index is 13.2. The van der Waals surface area contributed by atoms with Crippen LogP contribution in [0.5, 0.6) is 0 Å². The third kappa shape index (κ3) is 6.41. The molecule has 1 unspecified atom stereocenters. The van der Waals surface area contributed by atoms with E-state index in [0.717, 1.165) is 18.4 Å². The number of Topliss-reactive ketones (excluding diaryl/α,β-unsaturated/α-hetero) is 1. The zero-order valence-electron chi connectivity index (χ0n) is 11.8. The van der Waals surface area contributed by atoms with Crippen molar-refractivity contribution < 1.29 is 14.0 Å². The molecule has 4 nitrogen and oxygen atoms in total. The molecule has 0 aromatic carbocycles. The molecule has 0 aliphatic rings. The summed E-state index contributed by atoms with van der Waals surface area (Å²) in [7, 11) is 1.42. The highest BCUT2D eigenvalue weighted by atomic mass is 19.1. The highest BCUT2D eigenvalue weighted by Gasteiger charge is 2.14. The number of amides is 1. The van der Waals surface area contributed by atoms with Gasteiger partial charge in [-0.3, -0.25) is 14.6 Å². The topological polar surface area (TPSA) is 59.1 Å². The van der Waals surface area contributed by atoms with Crippen LogP contribution in [0.3, 0.4) is 0 Å². The summed E-state index contributed by atoms with van der Waals surface area (Å²) in [5.74, 6) is -0.404. The minimum Gasteiger partial charge on any atom is -0.357 e. The number of hydrogen-bond acceptors (Lipinski definition) is 3. The van der Waals surface area contributed by atoms with Gasteiger partial charge in [0.05, 0.1) is 0 Å². The number of nitrogens with zero attached hydrogens (tertiary/aromatic N) is 1. The average molecular weight is 280 g/mol. The average Bonchev–Trinajstić information content (AvgIpc) is 2.46. The van der Waals surface area contributed by atoms with E-state index in [2.05, 4.69) is 10.3 Å². The van der Waals surface area contributed by atoms with Gasteiger partial charge in [-0.2, -0.15) is 0 Å². The molecule has 1 amide bonds. The summed E-state index contributed by atoms with van der Waals surface area (Å²) in [5, 5.41) is 2.28. The van der Waals surface area contributed by atoms with Gasteiger partial charge in [0.2, 0.25) is 0 Å². The van der Waals surface area contributed by atoms with Crippen LogP contribution < -0.4 is 5.32 Å². The number of nitrogens with one attached hydrogen (secondary N) is 1. The van der Waals surface area contributed by atoms with Gasteiger partial charge < -0.3 is 5.32 Å². The lowest BCUT2D eigenvalue weighted by Gasteiger charge is -2.06. The Balaban J connectivity index is 2.09. The van der Waals surface area contributed by atoms with Crippen molar-refractivity contribution in [2.24, 2.45) is 0 Å². The van der Waals surface area contributed by atoms with Crippen molar-refractivity contribution in [2.45, 2.75) is 44.7 Å². The van der Waals surface area contributed by atoms with Gasteiger partial charge in [0, 0.05) is 32.3 Å². The molecule has 0 bridgehead atoms. The van der Waals surface area contributed by atoms with Crippen molar-refractivity contribution in [2.75, 3.05) is 7.05 Å². The van der Waals surface area contributed by atoms with Crippen molar-refractivity contribution in [3.63, 3.8) is 0 Å². The molecule has 0 fully saturated rings. The fourth-order valence-corrected chi connectivity index (χ4v) is 1.93. The van der Waals surface area contributed by atoms with Crippen molar-refractivity contribution in [3.05, 3.63) is 30.1 Å². The number of pyridine rings is 1. The Labute approximate surface area is 118 Å². The summed E-state index contributed by atoms with van der Waals surface area (Å²) in [6.07, 6.45) is 5.15. The number of hydrogen-bond donors (Lipinski definition) is 1. The van der Waals surface area contributed by atoms with Crippen LogP contribution in [0, 0.1) is 0 Å². The van der Waals surface area contributed by atoms with Gasteiger partial charge in [0.25, 0.3) is 5.91 Å². The molecular weight excluding hydrogens is 259 g/mol. The monoisotopic (exact) mass is 280 g/mol. The van der Waals surface area contributed by atoms with Crippen LogP contribution >= 0.6 is 0 Å². The fraction of sp³-hybridized carbons (Fsp3) is 0.533. The van der Waals surface area contributed by atoms with Gasteiger partial charge in [-0.25, -0.2) is 4.39 Å². The zero-order chi connectivity index (χ0) is 14.8. The van der Waals surface area contributed by atoms with Crippen molar-refractivity contribution in [1.82, 2.24) is 10.3 Å². The minimum atomic E-state index is -1.44. The van der Waals surface area contributed by atoms with Crippen LogP contribution in [0.4, 0.5) is 4.39 Å². The van der Waals surface area contributed by atoms with Crippen molar-refractivity contribution in [1.29, 1.82) is 0 Å². The van der Waals surface area contributed by atoms with E-state index in [0.29, 0.717) is 19.3 Å². The summed E-state index contributed by atoms with van der Waals surface area (Å²) >= 11 is 0. The largest absolute Gasteiger partial charge is 0.357 e. The standard InChI is InChI=1S/C15H21FN2O2/c1-17-15(20)14(16)8-4-2-3-7-13(19)10-12-6-5-9-18-11-12/h5-6,9,11,14H,2-4,7-8,10H2,1H3,(H,17,20). The van der Waals surface area contributed by atoms with Crippen LogP contribution in [-0.2, 0) is 16.0 Å². The normalized spacial score (nSPS) is 11.9. The first-order valence-electron chi connectivity index (χ1n) is 6.89. The molecule has 1 aromatic rings. The first kappa shape index (κ1) is 16.3. The van der Waals surface area contributed by atoms with Gasteiger partial charge in [0.1, 0.15) is 5.78 Å². The van der Waals surface area contributed by atoms with Crippen LogP contribution in [0.15, 0.2) is 24.5 Å². The number of carbonyl (C=O) groups excluding carboxylic acids is 2. The number of ketones is 1. The highest BCUT2D eigenvalue weighted by molar-refractivity contribution is 5.80. The van der Waals surface area contributed by atoms with E-state index in [4.69, 9.17) is 0 Å². The third-order valence-corrected chi connectivity index (χ3v) is 3.07. The van der Waals surface area contributed by atoms with E-state index in [9.17, 15) is 14.0 Å². The Bertz CT molecular complexity index is 423. The van der Waals surface area contributed by atoms with E-state index in [1.165, 1.54) is 7.05 Å². The number of halogens is 1. The number of rotatable bonds is 9. The predicted molar refractivity (Wildman–Crippen MR) is 75.0 cm³/mol. The Morgan fingerprint density at radius 1 is 1.35 bits per heavy atom. The predicted octanol–water partition coefficient (Wildman–Crippen LogP) is 2.23. The lowest BCUT2D eigenvalue weighted by Crippen LogP contribution is -2.28. The second kappa shape index (κ2) is 9.18. The molecule has 20 heavy (non-hydrogen) atoms. The van der Waals surface area contributed by atoms with Crippen molar-refractivity contribution in [3.8, 4) is 0 Å². The van der Waals surface area contributed by atoms with E-state index >= 15 is 0 Å². The number of alkyl halides is 1. The molecular formula is C15H21FN2O2. The minimum absolute atomic E-state index is 0.168. The maximum Gasteiger partial charge on any atom is 0.254 e. The molecule has 1 N–H and O–H groups in total. The van der Waals surface area contributed by atoms with E-state index in [1.807, 2.05) is 12.1 Å². The van der Waals surface area contributed by atoms with Gasteiger partial charge in [-0.1, -0.05) is 12.5 Å². The highest BCUT2D eigenvalue weighted by Crippen LogP contribution is 2.10. The first-order chi connectivity index (χ1) is 9.63. The second-order valence-corrected chi connectivity index (χ2v) is 4.76. The fourth-order valence-electron chi connectivity index (χ4n) is 1.93. The summed E-state index contributed by atoms with van der Waals surface area (Å²) in [6, 6.07) is 3.69. The first-order valence-corrected chi connectivity index (χ1v) is 6.89. The number of unbranched alkanes of at least 4 members (excludes halogenated alkanes) is 2. The second-order valence-electron chi connectivity index (χ2n) is 4.76. The molecule has 1 aromatic heterocycles. The van der Waals surface area contributed by atoms with Crippen LogP contribution in [-0.4, -0.2) is 29.9 Å². The van der Waals surface area contributed by atoms with E-state index in [-0.39, 0.29) is 12.2 Å². The SMILES string of the molecule is CNC(=O)C(F)CCCCCC(=O)Cc1cccnc1. The molecule has 0 aliphatic carbocycles. The van der Waals surface area contributed by atoms with Crippen molar-refractivity contribution >= 4 is 11.7 Å². The van der Waals surface area contributed by atoms with Gasteiger partial charge in [0.15, 0.2) is 6.17 Å². The molecule has 110 valence electrons. The van der Waals surface area contributed by atoms with Crippen LogP contribution in [0.2, 0.25) is 0 Å². The van der Waals surface area contributed by atoms with Crippen LogP contribution in [0.25, 0.3) is 0 Å². The van der Waals surface area contributed by atoms with Gasteiger partial charge in [-0.15, -0.1) is 0 Å². The Morgan fingerprint density at radius 3 is 2.80 bits per heavy atom. The number of carbonyl (C=O) groups is 2. The quantitative estimate of drug-likeness (QED) is 0.706. The molecule has 0 spiro atoms. The molecule has 1 heterocycles. The smallest absolute Gasteiger partial charge is 0.254 e. The van der Waals surface area contributed by atoms with E-state index in [1.54, 1.807) is 12.4 Å². The lowest BCUT2D eigenvalue weighted by molar-refractivity contribution is -0.125. The van der Waals surface area contributed by atoms with Crippen LogP contribution in [0.1, 0.15) is 37.7 Å². The zero-order valence-corrected chi connectivity index (χ0v) is 11.8. The Kier molecular flexibility index (Phi) is 7.47. The van der Waals surface area contributed by atoms with Gasteiger partial charge >= 0.3 is 0 Å². The molecule has 0 aliphatic heterocycles. The summed E-state index contributed by atoms with van der Waals surface area (Å²) in [5.41, 5.74) is 0.918. The molecule has 1 atom stereocenters. The molecule has 0 saturated carbocycles. The maximum absolute atomic E-state index is 13.2.